The minimum Gasteiger partial charge on any atom is -0.274 e. The van der Waals surface area contributed by atoms with Crippen LogP contribution >= 0.6 is 43.2 Å². The Hall–Kier alpha value is -0.270. The van der Waals surface area contributed by atoms with Crippen LogP contribution in [0.1, 0.15) is 6.42 Å². The topological polar surface area (TPSA) is 50.3 Å². The first-order chi connectivity index (χ1) is 9.11. The molecule has 0 radical (unpaired) electrons. The summed E-state index contributed by atoms with van der Waals surface area (Å²) < 4.78 is 0. The molecule has 4 rings (SSSR count). The highest BCUT2D eigenvalue weighted by Gasteiger charge is 2.66. The molecule has 0 aromatic carbocycles. The Bertz CT molecular complexity index is 532. The lowest BCUT2D eigenvalue weighted by molar-refractivity contribution is -0.123. The minimum absolute atomic E-state index is 0.0544. The lowest BCUT2D eigenvalue weighted by Crippen LogP contribution is -2.37. The molecule has 4 nitrogen and oxygen atoms in total. The molecule has 0 spiro atoms. The van der Waals surface area contributed by atoms with E-state index >= 15 is 0 Å². The number of fused-ring (bicyclic) bond motifs is 5. The second kappa shape index (κ2) is 4.11. The average molecular weight is 406 g/mol. The number of thiazole rings is 1. The summed E-state index contributed by atoms with van der Waals surface area (Å²) in [5.74, 6) is 0.114. The summed E-state index contributed by atoms with van der Waals surface area (Å²) in [7, 11) is 0. The van der Waals surface area contributed by atoms with E-state index in [1.165, 1.54) is 16.2 Å². The van der Waals surface area contributed by atoms with Crippen LogP contribution in [0.2, 0.25) is 0 Å². The number of carbonyl (C=O) groups is 2. The number of anilines is 1. The fourth-order valence-corrected chi connectivity index (χ4v) is 6.39. The third kappa shape index (κ3) is 1.46. The molecule has 0 N–H and O–H groups in total. The van der Waals surface area contributed by atoms with Gasteiger partial charge in [-0.2, -0.15) is 0 Å². The molecule has 100 valence electrons. The third-order valence-corrected chi connectivity index (χ3v) is 8.56. The van der Waals surface area contributed by atoms with Crippen molar-refractivity contribution in [3.8, 4) is 0 Å². The molecule has 1 saturated heterocycles. The van der Waals surface area contributed by atoms with E-state index < -0.39 is 0 Å². The summed E-state index contributed by atoms with van der Waals surface area (Å²) in [6, 6.07) is 0. The van der Waals surface area contributed by atoms with Crippen molar-refractivity contribution in [2.24, 2.45) is 23.7 Å². The molecule has 3 fully saturated rings. The van der Waals surface area contributed by atoms with Gasteiger partial charge in [-0.25, -0.2) is 9.88 Å². The van der Waals surface area contributed by atoms with Gasteiger partial charge >= 0.3 is 0 Å². The highest BCUT2D eigenvalue weighted by atomic mass is 79.9. The number of rotatable bonds is 1. The Morgan fingerprint density at radius 1 is 1.16 bits per heavy atom. The third-order valence-electron chi connectivity index (χ3n) is 4.60. The predicted molar refractivity (Wildman–Crippen MR) is 78.6 cm³/mol. The second-order valence-corrected chi connectivity index (χ2v) is 8.32. The summed E-state index contributed by atoms with van der Waals surface area (Å²) in [6.45, 7) is 0. The number of imide groups is 1. The van der Waals surface area contributed by atoms with Crippen LogP contribution in [0.4, 0.5) is 5.13 Å². The number of aromatic nitrogens is 1. The number of alkyl halides is 2. The molecular weight excluding hydrogens is 396 g/mol. The van der Waals surface area contributed by atoms with Crippen molar-refractivity contribution in [2.45, 2.75) is 16.1 Å². The first-order valence-electron chi connectivity index (χ1n) is 6.16. The number of amides is 2. The van der Waals surface area contributed by atoms with Crippen LogP contribution < -0.4 is 4.90 Å². The first-order valence-corrected chi connectivity index (χ1v) is 8.88. The van der Waals surface area contributed by atoms with Crippen molar-refractivity contribution in [2.75, 3.05) is 4.90 Å². The van der Waals surface area contributed by atoms with Gasteiger partial charge in [-0.3, -0.25) is 9.59 Å². The van der Waals surface area contributed by atoms with Gasteiger partial charge in [-0.05, 0) is 18.3 Å². The van der Waals surface area contributed by atoms with E-state index in [0.29, 0.717) is 5.13 Å². The SMILES string of the molecule is O=C1[C@@H]2[C@H]3C[C@@H]([C@H](Br)[C@H]3Br)[C@H]2C(=O)N1c1nccs1. The molecule has 2 heterocycles. The molecule has 2 bridgehead atoms. The lowest BCUT2D eigenvalue weighted by atomic mass is 9.81. The van der Waals surface area contributed by atoms with Crippen LogP contribution in [0.3, 0.4) is 0 Å². The van der Waals surface area contributed by atoms with Crippen LogP contribution in [0.15, 0.2) is 11.6 Å². The second-order valence-electron chi connectivity index (χ2n) is 5.33. The van der Waals surface area contributed by atoms with Gasteiger partial charge in [-0.1, -0.05) is 31.9 Å². The standard InChI is InChI=1S/C12H10Br2N2O2S/c13-8-4-3-5(9(8)14)7-6(4)10(17)16(11(7)18)12-15-1-2-19-12/h1-2,4-9H,3H2/t4-,5-,6-,7-,8+,9+/m1/s1. The van der Waals surface area contributed by atoms with Gasteiger partial charge in [0.25, 0.3) is 0 Å². The van der Waals surface area contributed by atoms with Gasteiger partial charge < -0.3 is 0 Å². The van der Waals surface area contributed by atoms with E-state index in [2.05, 4.69) is 36.8 Å². The van der Waals surface area contributed by atoms with E-state index in [1.54, 1.807) is 11.6 Å². The van der Waals surface area contributed by atoms with E-state index in [0.717, 1.165) is 6.42 Å². The van der Waals surface area contributed by atoms with Crippen LogP contribution in [-0.4, -0.2) is 26.5 Å². The largest absolute Gasteiger partial charge is 0.274 e. The van der Waals surface area contributed by atoms with Gasteiger partial charge in [0.15, 0.2) is 5.13 Å². The maximum absolute atomic E-state index is 12.6. The Morgan fingerprint density at radius 3 is 2.21 bits per heavy atom. The molecule has 1 aliphatic heterocycles. The highest BCUT2D eigenvalue weighted by molar-refractivity contribution is 9.12. The Kier molecular flexibility index (Phi) is 2.70. The monoisotopic (exact) mass is 404 g/mol. The molecule has 19 heavy (non-hydrogen) atoms. The summed E-state index contributed by atoms with van der Waals surface area (Å²) >= 11 is 8.68. The Balaban J connectivity index is 1.76. The van der Waals surface area contributed by atoms with E-state index in [1.807, 2.05) is 0 Å². The van der Waals surface area contributed by atoms with Crippen LogP contribution in [0.25, 0.3) is 0 Å². The van der Waals surface area contributed by atoms with Crippen molar-refractivity contribution in [3.05, 3.63) is 11.6 Å². The number of carbonyl (C=O) groups excluding carboxylic acids is 2. The fourth-order valence-electron chi connectivity index (χ4n) is 3.86. The van der Waals surface area contributed by atoms with Gasteiger partial charge in [0.05, 0.1) is 11.8 Å². The van der Waals surface area contributed by atoms with Gasteiger partial charge in [0.1, 0.15) is 0 Å². The van der Waals surface area contributed by atoms with Crippen molar-refractivity contribution in [1.82, 2.24) is 4.98 Å². The van der Waals surface area contributed by atoms with E-state index in [-0.39, 0.29) is 45.1 Å². The highest BCUT2D eigenvalue weighted by Crippen LogP contribution is 2.60. The van der Waals surface area contributed by atoms with Crippen LogP contribution in [0.5, 0.6) is 0 Å². The smallest absolute Gasteiger partial charge is 0.239 e. The molecule has 0 unspecified atom stereocenters. The zero-order valence-electron chi connectivity index (χ0n) is 9.70. The lowest BCUT2D eigenvalue weighted by Gasteiger charge is -2.28. The summed E-state index contributed by atoms with van der Waals surface area (Å²) in [5.41, 5.74) is 0. The molecule has 7 heteroatoms. The quantitative estimate of drug-likeness (QED) is 0.532. The maximum Gasteiger partial charge on any atom is 0.239 e. The molecule has 1 aromatic rings. The predicted octanol–water partition coefficient (Wildman–Crippen LogP) is 2.43. The zero-order chi connectivity index (χ0) is 13.3. The normalized spacial score (nSPS) is 44.2. The number of nitrogens with zero attached hydrogens (tertiary/aromatic N) is 2. The van der Waals surface area contributed by atoms with Gasteiger partial charge in [-0.15, -0.1) is 11.3 Å². The van der Waals surface area contributed by atoms with Gasteiger partial charge in [0.2, 0.25) is 11.8 Å². The van der Waals surface area contributed by atoms with Crippen LogP contribution in [0, 0.1) is 23.7 Å². The number of hydrogen-bond donors (Lipinski definition) is 0. The average Bonchev–Trinajstić information content (AvgIpc) is 3.10. The molecule has 2 saturated carbocycles. The minimum atomic E-state index is -0.153. The van der Waals surface area contributed by atoms with E-state index in [9.17, 15) is 9.59 Å². The zero-order valence-corrected chi connectivity index (χ0v) is 13.7. The van der Waals surface area contributed by atoms with Crippen LogP contribution in [-0.2, 0) is 9.59 Å². The van der Waals surface area contributed by atoms with Gasteiger partial charge in [0, 0.05) is 21.2 Å². The van der Waals surface area contributed by atoms with Crippen molar-refractivity contribution in [3.63, 3.8) is 0 Å². The number of hydrogen-bond acceptors (Lipinski definition) is 4. The number of halogens is 2. The Morgan fingerprint density at radius 2 is 1.74 bits per heavy atom. The Labute approximate surface area is 130 Å². The molecule has 2 amide bonds. The molecule has 6 atom stereocenters. The van der Waals surface area contributed by atoms with Crippen molar-refractivity contribution in [1.29, 1.82) is 0 Å². The fraction of sp³-hybridized carbons (Fsp3) is 0.583. The van der Waals surface area contributed by atoms with E-state index in [4.69, 9.17) is 0 Å². The molecule has 1 aromatic heterocycles. The molecule has 2 aliphatic carbocycles. The van der Waals surface area contributed by atoms with Crippen molar-refractivity contribution >= 4 is 60.1 Å². The first kappa shape index (κ1) is 12.5. The van der Waals surface area contributed by atoms with Crippen molar-refractivity contribution < 1.29 is 9.59 Å². The maximum atomic E-state index is 12.6. The summed E-state index contributed by atoms with van der Waals surface area (Å²) in [6.07, 6.45) is 2.59. The summed E-state index contributed by atoms with van der Waals surface area (Å²) in [4.78, 5) is 31.1. The summed E-state index contributed by atoms with van der Waals surface area (Å²) in [5, 5.41) is 2.31. The molecule has 3 aliphatic rings. The molecular formula is C12H10Br2N2O2S.